The molecule has 2 aromatic carbocycles. The zero-order chi connectivity index (χ0) is 24.8. The molecule has 4 rings (SSSR count). The number of aryl methyl sites for hydroxylation is 1. The minimum Gasteiger partial charge on any atom is -0.354 e. The van der Waals surface area contributed by atoms with Gasteiger partial charge in [-0.25, -0.2) is 0 Å². The molecule has 0 radical (unpaired) electrons. The van der Waals surface area contributed by atoms with E-state index >= 15 is 0 Å². The summed E-state index contributed by atoms with van der Waals surface area (Å²) in [7, 11) is 0. The van der Waals surface area contributed by atoms with Gasteiger partial charge in [0.15, 0.2) is 5.16 Å². The molecule has 1 atom stereocenters. The van der Waals surface area contributed by atoms with Crippen LogP contribution in [0.2, 0.25) is 0 Å². The van der Waals surface area contributed by atoms with Crippen molar-refractivity contribution in [1.29, 1.82) is 0 Å². The smallest absolute Gasteiger partial charge is 0.262 e. The molecule has 4 aromatic rings. The fourth-order valence-corrected chi connectivity index (χ4v) is 4.44. The number of thioether (sulfide) groups is 1. The van der Waals surface area contributed by atoms with E-state index in [4.69, 9.17) is 0 Å². The number of benzene rings is 2. The lowest BCUT2D eigenvalue weighted by Gasteiger charge is -2.13. The molecule has 0 fully saturated rings. The number of nitrogens with zero attached hydrogens (tertiary/aromatic N) is 4. The first-order chi connectivity index (χ1) is 17.0. The van der Waals surface area contributed by atoms with Gasteiger partial charge in [0.1, 0.15) is 0 Å². The number of rotatable bonds is 10. The SMILES string of the molecule is CC[C@H](C)NC(=O)CCn1c(=O)c2ccccc2n2c(SCC(=O)NCc3ccccc3)nnc12. The lowest BCUT2D eigenvalue weighted by atomic mass is 10.2. The molecule has 0 aliphatic rings. The summed E-state index contributed by atoms with van der Waals surface area (Å²) < 4.78 is 3.25. The summed E-state index contributed by atoms with van der Waals surface area (Å²) in [6, 6.07) is 17.0. The lowest BCUT2D eigenvalue weighted by Crippen LogP contribution is -2.33. The molecule has 2 aromatic heterocycles. The van der Waals surface area contributed by atoms with E-state index in [0.717, 1.165) is 12.0 Å². The van der Waals surface area contributed by atoms with E-state index in [1.165, 1.54) is 16.3 Å². The van der Waals surface area contributed by atoms with Crippen molar-refractivity contribution < 1.29 is 9.59 Å². The minimum absolute atomic E-state index is 0.0694. The van der Waals surface area contributed by atoms with Crippen LogP contribution in [0.3, 0.4) is 0 Å². The van der Waals surface area contributed by atoms with E-state index in [0.29, 0.717) is 28.4 Å². The monoisotopic (exact) mass is 492 g/mol. The second-order valence-electron chi connectivity index (χ2n) is 8.27. The van der Waals surface area contributed by atoms with Crippen LogP contribution in [0.5, 0.6) is 0 Å². The Morgan fingerprint density at radius 2 is 1.77 bits per heavy atom. The molecule has 2 heterocycles. The van der Waals surface area contributed by atoms with E-state index in [-0.39, 0.29) is 42.1 Å². The van der Waals surface area contributed by atoms with E-state index in [9.17, 15) is 14.4 Å². The third kappa shape index (κ3) is 5.71. The number of nitrogens with one attached hydrogen (secondary N) is 2. The second-order valence-corrected chi connectivity index (χ2v) is 9.21. The number of carbonyl (C=O) groups is 2. The first-order valence-electron chi connectivity index (χ1n) is 11.6. The minimum atomic E-state index is -0.228. The zero-order valence-electron chi connectivity index (χ0n) is 19.7. The largest absolute Gasteiger partial charge is 0.354 e. The van der Waals surface area contributed by atoms with Crippen molar-refractivity contribution in [3.05, 3.63) is 70.5 Å². The molecule has 0 saturated carbocycles. The summed E-state index contributed by atoms with van der Waals surface area (Å²) in [6.45, 7) is 4.56. The highest BCUT2D eigenvalue weighted by atomic mass is 32.2. The van der Waals surface area contributed by atoms with Gasteiger partial charge in [-0.1, -0.05) is 61.2 Å². The average Bonchev–Trinajstić information content (AvgIpc) is 3.30. The van der Waals surface area contributed by atoms with E-state index in [1.807, 2.05) is 56.3 Å². The molecular formula is C25H28N6O3S. The van der Waals surface area contributed by atoms with Crippen LogP contribution in [-0.4, -0.2) is 42.8 Å². The van der Waals surface area contributed by atoms with Crippen LogP contribution in [0.4, 0.5) is 0 Å². The molecule has 0 bridgehead atoms. The van der Waals surface area contributed by atoms with Gasteiger partial charge in [-0.3, -0.25) is 23.4 Å². The molecule has 0 spiro atoms. The van der Waals surface area contributed by atoms with Crippen LogP contribution in [0.25, 0.3) is 16.7 Å². The van der Waals surface area contributed by atoms with Gasteiger partial charge >= 0.3 is 0 Å². The predicted octanol–water partition coefficient (Wildman–Crippen LogP) is 2.76. The molecule has 2 amide bonds. The predicted molar refractivity (Wildman–Crippen MR) is 136 cm³/mol. The lowest BCUT2D eigenvalue weighted by molar-refractivity contribution is -0.122. The van der Waals surface area contributed by atoms with Crippen molar-refractivity contribution in [2.45, 2.75) is 51.0 Å². The number of aromatic nitrogens is 4. The van der Waals surface area contributed by atoms with Gasteiger partial charge in [-0.15, -0.1) is 10.2 Å². The van der Waals surface area contributed by atoms with Crippen LogP contribution in [0.1, 0.15) is 32.3 Å². The quantitative estimate of drug-likeness (QED) is 0.330. The van der Waals surface area contributed by atoms with Gasteiger partial charge in [0.25, 0.3) is 5.56 Å². The van der Waals surface area contributed by atoms with Crippen LogP contribution >= 0.6 is 11.8 Å². The Morgan fingerprint density at radius 1 is 1.03 bits per heavy atom. The summed E-state index contributed by atoms with van der Waals surface area (Å²) in [5, 5.41) is 15.3. The summed E-state index contributed by atoms with van der Waals surface area (Å²) in [5.41, 5.74) is 1.45. The topological polar surface area (TPSA) is 110 Å². The Kier molecular flexibility index (Phi) is 7.81. The summed E-state index contributed by atoms with van der Waals surface area (Å²) in [4.78, 5) is 38.0. The maximum Gasteiger partial charge on any atom is 0.262 e. The van der Waals surface area contributed by atoms with E-state index < -0.39 is 0 Å². The number of amides is 2. The molecule has 10 heteroatoms. The van der Waals surface area contributed by atoms with Crippen molar-refractivity contribution in [2.24, 2.45) is 0 Å². The number of para-hydroxylation sites is 1. The second kappa shape index (κ2) is 11.2. The van der Waals surface area contributed by atoms with Crippen molar-refractivity contribution in [1.82, 2.24) is 29.8 Å². The third-order valence-electron chi connectivity index (χ3n) is 5.73. The number of carbonyl (C=O) groups excluding carboxylic acids is 2. The van der Waals surface area contributed by atoms with Gasteiger partial charge in [0.2, 0.25) is 17.6 Å². The number of fused-ring (bicyclic) bond motifs is 3. The molecule has 0 aliphatic heterocycles. The maximum atomic E-state index is 13.2. The molecule has 9 nitrogen and oxygen atoms in total. The maximum absolute atomic E-state index is 13.2. The van der Waals surface area contributed by atoms with Crippen molar-refractivity contribution in [2.75, 3.05) is 5.75 Å². The van der Waals surface area contributed by atoms with Gasteiger partial charge in [-0.05, 0) is 31.0 Å². The first kappa shape index (κ1) is 24.5. The van der Waals surface area contributed by atoms with E-state index in [2.05, 4.69) is 20.8 Å². The molecule has 35 heavy (non-hydrogen) atoms. The molecule has 182 valence electrons. The van der Waals surface area contributed by atoms with Crippen LogP contribution < -0.4 is 16.2 Å². The average molecular weight is 493 g/mol. The highest BCUT2D eigenvalue weighted by molar-refractivity contribution is 7.99. The zero-order valence-corrected chi connectivity index (χ0v) is 20.5. The highest BCUT2D eigenvalue weighted by Gasteiger charge is 2.18. The summed E-state index contributed by atoms with van der Waals surface area (Å²) in [6.07, 6.45) is 0.977. The van der Waals surface area contributed by atoms with Crippen LogP contribution in [-0.2, 0) is 22.7 Å². The Hall–Kier alpha value is -3.66. The van der Waals surface area contributed by atoms with Gasteiger partial charge in [-0.2, -0.15) is 0 Å². The molecular weight excluding hydrogens is 464 g/mol. The fraction of sp³-hybridized carbons (Fsp3) is 0.320. The normalized spacial score (nSPS) is 12.1. The van der Waals surface area contributed by atoms with Crippen molar-refractivity contribution in [3.8, 4) is 0 Å². The highest BCUT2D eigenvalue weighted by Crippen LogP contribution is 2.21. The molecule has 0 unspecified atom stereocenters. The summed E-state index contributed by atoms with van der Waals surface area (Å²) in [5.74, 6) is 0.243. The first-order valence-corrected chi connectivity index (χ1v) is 12.6. The Labute approximate surface area is 206 Å². The van der Waals surface area contributed by atoms with Crippen molar-refractivity contribution in [3.63, 3.8) is 0 Å². The third-order valence-corrected chi connectivity index (χ3v) is 6.65. The summed E-state index contributed by atoms with van der Waals surface area (Å²) >= 11 is 1.25. The number of hydrogen-bond donors (Lipinski definition) is 2. The van der Waals surface area contributed by atoms with Crippen molar-refractivity contribution >= 4 is 40.3 Å². The standard InChI is InChI=1S/C25H28N6O3S/c1-3-17(2)27-21(32)13-14-30-23(34)19-11-7-8-12-20(19)31-24(30)28-29-25(31)35-16-22(33)26-15-18-9-5-4-6-10-18/h4-12,17H,3,13-16H2,1-2H3,(H,26,33)(H,27,32)/t17-/m0/s1. The Balaban J connectivity index is 1.56. The Bertz CT molecular complexity index is 1400. The van der Waals surface area contributed by atoms with Gasteiger partial charge in [0.05, 0.1) is 16.7 Å². The molecule has 0 saturated heterocycles. The van der Waals surface area contributed by atoms with Gasteiger partial charge < -0.3 is 10.6 Å². The van der Waals surface area contributed by atoms with E-state index in [1.54, 1.807) is 16.5 Å². The number of hydrogen-bond acceptors (Lipinski definition) is 6. The fourth-order valence-electron chi connectivity index (χ4n) is 3.67. The van der Waals surface area contributed by atoms with Crippen LogP contribution in [0.15, 0.2) is 64.5 Å². The molecule has 0 aliphatic carbocycles. The van der Waals surface area contributed by atoms with Gasteiger partial charge in [0, 0.05) is 25.6 Å². The molecule has 2 N–H and O–H groups in total. The Morgan fingerprint density at radius 3 is 2.54 bits per heavy atom. The van der Waals surface area contributed by atoms with Crippen LogP contribution in [0, 0.1) is 0 Å².